The van der Waals surface area contributed by atoms with Gasteiger partial charge in [-0.1, -0.05) is 30.3 Å². The lowest BCUT2D eigenvalue weighted by atomic mass is 10.2. The maximum Gasteiger partial charge on any atom is 0.353 e. The van der Waals surface area contributed by atoms with Crippen LogP contribution in [0.1, 0.15) is 5.56 Å². The number of ether oxygens (including phenoxy) is 1. The van der Waals surface area contributed by atoms with E-state index in [9.17, 15) is 9.59 Å². The summed E-state index contributed by atoms with van der Waals surface area (Å²) >= 11 is 0. The monoisotopic (exact) mass is 231 g/mol. The van der Waals surface area contributed by atoms with Crippen LogP contribution in [-0.4, -0.2) is 15.0 Å². The number of rotatable bonds is 3. The van der Waals surface area contributed by atoms with Gasteiger partial charge in [-0.25, -0.2) is 9.59 Å². The topological polar surface area (TPSA) is 87.8 Å². The first-order chi connectivity index (χ1) is 8.24. The molecule has 0 aliphatic carbocycles. The van der Waals surface area contributed by atoms with E-state index >= 15 is 0 Å². The number of hydrogen-bond donors (Lipinski definition) is 2. The summed E-state index contributed by atoms with van der Waals surface area (Å²) in [5, 5.41) is 0. The van der Waals surface area contributed by atoms with Crippen molar-refractivity contribution in [3.8, 4) is 6.01 Å². The van der Waals surface area contributed by atoms with Gasteiger partial charge in [-0.15, -0.1) is 4.98 Å². The lowest BCUT2D eigenvalue weighted by Gasteiger charge is -1.96. The van der Waals surface area contributed by atoms with Crippen LogP contribution in [-0.2, 0) is 0 Å². The van der Waals surface area contributed by atoms with Crippen LogP contribution in [0, 0.1) is 0 Å². The van der Waals surface area contributed by atoms with Gasteiger partial charge in [0.15, 0.2) is 0 Å². The molecule has 0 amide bonds. The highest BCUT2D eigenvalue weighted by atomic mass is 16.5. The number of aromatic nitrogens is 3. The highest BCUT2D eigenvalue weighted by molar-refractivity contribution is 5.47. The summed E-state index contributed by atoms with van der Waals surface area (Å²) in [6.07, 6.45) is 3.02. The zero-order valence-electron chi connectivity index (χ0n) is 8.71. The second-order valence-corrected chi connectivity index (χ2v) is 3.13. The van der Waals surface area contributed by atoms with E-state index in [0.717, 1.165) is 5.56 Å². The van der Waals surface area contributed by atoms with Crippen molar-refractivity contribution in [3.63, 3.8) is 0 Å². The minimum absolute atomic E-state index is 0.147. The van der Waals surface area contributed by atoms with Crippen molar-refractivity contribution in [1.29, 1.82) is 0 Å². The fraction of sp³-hybridized carbons (Fsp3) is 0. The Kier molecular flexibility index (Phi) is 3.15. The highest BCUT2D eigenvalue weighted by Crippen LogP contribution is 2.01. The molecule has 6 heteroatoms. The third-order valence-electron chi connectivity index (χ3n) is 1.88. The lowest BCUT2D eigenvalue weighted by molar-refractivity contribution is 0.435. The average Bonchev–Trinajstić information content (AvgIpc) is 2.29. The van der Waals surface area contributed by atoms with Crippen LogP contribution >= 0.6 is 0 Å². The molecule has 0 aliphatic rings. The van der Waals surface area contributed by atoms with E-state index in [1.165, 1.54) is 6.26 Å². The molecule has 6 nitrogen and oxygen atoms in total. The van der Waals surface area contributed by atoms with E-state index in [-0.39, 0.29) is 6.01 Å². The van der Waals surface area contributed by atoms with Gasteiger partial charge < -0.3 is 4.74 Å². The van der Waals surface area contributed by atoms with E-state index in [4.69, 9.17) is 4.74 Å². The number of benzene rings is 1. The Morgan fingerprint density at radius 2 is 1.88 bits per heavy atom. The highest BCUT2D eigenvalue weighted by Gasteiger charge is 1.96. The van der Waals surface area contributed by atoms with Crippen molar-refractivity contribution >= 4 is 6.08 Å². The molecule has 2 aromatic rings. The molecule has 86 valence electrons. The molecule has 2 rings (SSSR count). The van der Waals surface area contributed by atoms with Gasteiger partial charge in [-0.2, -0.15) is 0 Å². The normalized spacial score (nSPS) is 10.6. The van der Waals surface area contributed by atoms with Crippen molar-refractivity contribution in [2.45, 2.75) is 0 Å². The third kappa shape index (κ3) is 3.16. The molecule has 0 radical (unpaired) electrons. The van der Waals surface area contributed by atoms with Crippen LogP contribution in [0.5, 0.6) is 6.01 Å². The molecule has 0 fully saturated rings. The molecule has 0 saturated heterocycles. The van der Waals surface area contributed by atoms with Crippen LogP contribution < -0.4 is 16.1 Å². The number of nitrogens with zero attached hydrogens (tertiary/aromatic N) is 1. The number of H-pyrrole nitrogens is 2. The van der Waals surface area contributed by atoms with Gasteiger partial charge in [0.05, 0.1) is 6.26 Å². The van der Waals surface area contributed by atoms with E-state index in [2.05, 4.69) is 9.97 Å². The van der Waals surface area contributed by atoms with Gasteiger partial charge >= 0.3 is 17.4 Å². The summed E-state index contributed by atoms with van der Waals surface area (Å²) in [6.45, 7) is 0. The van der Waals surface area contributed by atoms with Gasteiger partial charge in [0.1, 0.15) is 0 Å². The Hall–Kier alpha value is -2.63. The van der Waals surface area contributed by atoms with Gasteiger partial charge in [0, 0.05) is 0 Å². The zero-order valence-corrected chi connectivity index (χ0v) is 8.71. The lowest BCUT2D eigenvalue weighted by Crippen LogP contribution is -2.24. The van der Waals surface area contributed by atoms with Gasteiger partial charge in [-0.05, 0) is 11.6 Å². The largest absolute Gasteiger partial charge is 0.433 e. The van der Waals surface area contributed by atoms with Crippen LogP contribution in [0.4, 0.5) is 0 Å². The van der Waals surface area contributed by atoms with Crippen molar-refractivity contribution in [1.82, 2.24) is 15.0 Å². The van der Waals surface area contributed by atoms with Crippen molar-refractivity contribution < 1.29 is 4.74 Å². The second kappa shape index (κ2) is 4.93. The predicted molar refractivity (Wildman–Crippen MR) is 61.6 cm³/mol. The first kappa shape index (κ1) is 10.9. The molecule has 0 aliphatic heterocycles. The number of hydrogen-bond acceptors (Lipinski definition) is 4. The molecule has 1 aromatic carbocycles. The van der Waals surface area contributed by atoms with Crippen molar-refractivity contribution in [2.24, 2.45) is 0 Å². The summed E-state index contributed by atoms with van der Waals surface area (Å²) in [6, 6.07) is 9.28. The fourth-order valence-corrected chi connectivity index (χ4v) is 1.17. The molecule has 2 N–H and O–H groups in total. The fourth-order valence-electron chi connectivity index (χ4n) is 1.17. The quantitative estimate of drug-likeness (QED) is 0.753. The van der Waals surface area contributed by atoms with Gasteiger partial charge in [0.25, 0.3) is 0 Å². The molecule has 17 heavy (non-hydrogen) atoms. The van der Waals surface area contributed by atoms with E-state index in [1.54, 1.807) is 6.08 Å². The SMILES string of the molecule is O=c1nc(OC=Cc2ccccc2)[nH]c(=O)[nH]1. The standard InChI is InChI=1S/C11H9N3O3/c15-9-12-10(16)14-11(13-9)17-7-6-8-4-2-1-3-5-8/h1-7H,(H2,12,13,14,15,16). The maximum absolute atomic E-state index is 10.9. The summed E-state index contributed by atoms with van der Waals surface area (Å²) < 4.78 is 5.00. The van der Waals surface area contributed by atoms with Gasteiger partial charge in [0.2, 0.25) is 0 Å². The second-order valence-electron chi connectivity index (χ2n) is 3.13. The summed E-state index contributed by atoms with van der Waals surface area (Å²) in [7, 11) is 0. The minimum atomic E-state index is -0.753. The van der Waals surface area contributed by atoms with E-state index < -0.39 is 11.4 Å². The van der Waals surface area contributed by atoms with Gasteiger partial charge in [-0.3, -0.25) is 9.97 Å². The maximum atomic E-state index is 10.9. The Labute approximate surface area is 95.6 Å². The Morgan fingerprint density at radius 1 is 1.12 bits per heavy atom. The van der Waals surface area contributed by atoms with Crippen LogP contribution in [0.15, 0.2) is 46.2 Å². The molecular formula is C11H9N3O3. The van der Waals surface area contributed by atoms with E-state index in [1.807, 2.05) is 35.3 Å². The molecule has 1 aromatic heterocycles. The van der Waals surface area contributed by atoms with Crippen molar-refractivity contribution in [3.05, 3.63) is 63.1 Å². The Bertz CT molecular complexity index is 600. The predicted octanol–water partition coefficient (Wildman–Crippen LogP) is 0.508. The molecule has 0 saturated carbocycles. The van der Waals surface area contributed by atoms with Crippen LogP contribution in [0.3, 0.4) is 0 Å². The molecule has 0 atom stereocenters. The zero-order chi connectivity index (χ0) is 12.1. The minimum Gasteiger partial charge on any atom is -0.433 e. The summed E-state index contributed by atoms with van der Waals surface area (Å²) in [4.78, 5) is 29.3. The van der Waals surface area contributed by atoms with Crippen molar-refractivity contribution in [2.75, 3.05) is 0 Å². The smallest absolute Gasteiger partial charge is 0.353 e. The first-order valence-electron chi connectivity index (χ1n) is 4.83. The summed E-state index contributed by atoms with van der Waals surface area (Å²) in [5.74, 6) is 0. The first-order valence-corrected chi connectivity index (χ1v) is 4.83. The Morgan fingerprint density at radius 3 is 2.59 bits per heavy atom. The summed E-state index contributed by atoms with van der Waals surface area (Å²) in [5.41, 5.74) is -0.482. The number of aromatic amines is 2. The number of nitrogens with one attached hydrogen (secondary N) is 2. The molecular weight excluding hydrogens is 222 g/mol. The average molecular weight is 231 g/mol. The molecule has 0 spiro atoms. The van der Waals surface area contributed by atoms with Crippen LogP contribution in [0.25, 0.3) is 6.08 Å². The molecule has 0 unspecified atom stereocenters. The Balaban J connectivity index is 2.10. The van der Waals surface area contributed by atoms with Crippen LogP contribution in [0.2, 0.25) is 0 Å². The molecule has 0 bridgehead atoms. The van der Waals surface area contributed by atoms with E-state index in [0.29, 0.717) is 0 Å². The molecule has 1 heterocycles. The third-order valence-corrected chi connectivity index (χ3v) is 1.88.